The molecule has 4 nitrogen and oxygen atoms in total. The van der Waals surface area contributed by atoms with Gasteiger partial charge >= 0.3 is 0 Å². The predicted octanol–water partition coefficient (Wildman–Crippen LogP) is 3.32. The van der Waals surface area contributed by atoms with E-state index in [4.69, 9.17) is 0 Å². The first-order valence-electron chi connectivity index (χ1n) is 5.67. The third-order valence-electron chi connectivity index (χ3n) is 2.49. The molecule has 0 aliphatic carbocycles. The first-order chi connectivity index (χ1) is 8.56. The van der Waals surface area contributed by atoms with Crippen LogP contribution < -0.4 is 5.32 Å². The topological polar surface area (TPSA) is 46.9 Å². The van der Waals surface area contributed by atoms with Crippen LogP contribution in [-0.4, -0.2) is 15.7 Å². The number of anilines is 1. The van der Waals surface area contributed by atoms with Crippen molar-refractivity contribution in [2.45, 2.75) is 19.9 Å². The molecule has 1 heterocycles. The van der Waals surface area contributed by atoms with Crippen LogP contribution in [0.5, 0.6) is 0 Å². The van der Waals surface area contributed by atoms with Gasteiger partial charge < -0.3 is 5.32 Å². The molecule has 1 amide bonds. The summed E-state index contributed by atoms with van der Waals surface area (Å²) in [6.45, 7) is 4.08. The fourth-order valence-electron chi connectivity index (χ4n) is 1.49. The number of nitrogens with one attached hydrogen (secondary N) is 1. The lowest BCUT2D eigenvalue weighted by Crippen LogP contribution is -2.11. The highest BCUT2D eigenvalue weighted by Crippen LogP contribution is 2.12. The van der Waals surface area contributed by atoms with E-state index in [0.717, 1.165) is 3.57 Å². The zero-order valence-corrected chi connectivity index (χ0v) is 12.4. The third-order valence-corrected chi connectivity index (χ3v) is 3.21. The van der Waals surface area contributed by atoms with Crippen molar-refractivity contribution in [3.05, 3.63) is 45.8 Å². The number of aromatic nitrogens is 2. The molecule has 0 saturated heterocycles. The molecule has 1 aromatic heterocycles. The molecule has 18 heavy (non-hydrogen) atoms. The van der Waals surface area contributed by atoms with Crippen LogP contribution in [0.15, 0.2) is 36.7 Å². The van der Waals surface area contributed by atoms with Crippen LogP contribution in [0.2, 0.25) is 0 Å². The fourth-order valence-corrected chi connectivity index (χ4v) is 1.85. The molecular weight excluding hydrogens is 341 g/mol. The Bertz CT molecular complexity index is 546. The lowest BCUT2D eigenvalue weighted by Gasteiger charge is -2.04. The molecular formula is C13H14IN3O. The summed E-state index contributed by atoms with van der Waals surface area (Å²) >= 11 is 2.21. The van der Waals surface area contributed by atoms with E-state index < -0.39 is 0 Å². The molecule has 0 atom stereocenters. The van der Waals surface area contributed by atoms with Crippen LogP contribution in [0.4, 0.5) is 5.69 Å². The van der Waals surface area contributed by atoms with E-state index in [-0.39, 0.29) is 11.9 Å². The second-order valence-electron chi connectivity index (χ2n) is 4.26. The highest BCUT2D eigenvalue weighted by Gasteiger charge is 2.08. The Hall–Kier alpha value is -1.37. The Balaban J connectivity index is 2.08. The van der Waals surface area contributed by atoms with Gasteiger partial charge in [-0.3, -0.25) is 9.48 Å². The molecule has 0 fully saturated rings. The second-order valence-corrected chi connectivity index (χ2v) is 5.51. The summed E-state index contributed by atoms with van der Waals surface area (Å²) in [7, 11) is 0. The smallest absolute Gasteiger partial charge is 0.255 e. The number of hydrogen-bond acceptors (Lipinski definition) is 2. The van der Waals surface area contributed by atoms with Crippen molar-refractivity contribution < 1.29 is 4.79 Å². The summed E-state index contributed by atoms with van der Waals surface area (Å²) in [6, 6.07) is 7.72. The molecule has 0 unspecified atom stereocenters. The average molecular weight is 355 g/mol. The normalized spacial score (nSPS) is 10.7. The van der Waals surface area contributed by atoms with Gasteiger partial charge in [-0.1, -0.05) is 0 Å². The van der Waals surface area contributed by atoms with Gasteiger partial charge in [-0.2, -0.15) is 5.10 Å². The molecule has 2 rings (SSSR count). The summed E-state index contributed by atoms with van der Waals surface area (Å²) in [5.74, 6) is -0.116. The number of halogens is 1. The Morgan fingerprint density at radius 3 is 2.56 bits per heavy atom. The maximum Gasteiger partial charge on any atom is 0.255 e. The van der Waals surface area contributed by atoms with E-state index in [0.29, 0.717) is 11.3 Å². The van der Waals surface area contributed by atoms with Crippen LogP contribution >= 0.6 is 22.6 Å². The maximum atomic E-state index is 12.0. The van der Waals surface area contributed by atoms with Crippen molar-refractivity contribution in [1.82, 2.24) is 9.78 Å². The fraction of sp³-hybridized carbons (Fsp3) is 0.231. The number of carbonyl (C=O) groups is 1. The molecule has 0 aliphatic rings. The van der Waals surface area contributed by atoms with Gasteiger partial charge in [-0.15, -0.1) is 0 Å². The van der Waals surface area contributed by atoms with Crippen LogP contribution in [0.3, 0.4) is 0 Å². The quantitative estimate of drug-likeness (QED) is 0.859. The standard InChI is InChI=1S/C13H14IN3O/c1-9(2)17-8-12(7-15-17)16-13(18)10-3-5-11(14)6-4-10/h3-9H,1-2H3,(H,16,18). The van der Waals surface area contributed by atoms with Gasteiger partial charge in [0.05, 0.1) is 11.9 Å². The van der Waals surface area contributed by atoms with Gasteiger partial charge in [-0.25, -0.2) is 0 Å². The number of rotatable bonds is 3. The molecule has 1 aromatic carbocycles. The molecule has 0 aliphatic heterocycles. The lowest BCUT2D eigenvalue weighted by molar-refractivity contribution is 0.102. The third kappa shape index (κ3) is 3.10. The largest absolute Gasteiger partial charge is 0.319 e. The Kier molecular flexibility index (Phi) is 4.00. The molecule has 1 N–H and O–H groups in total. The van der Waals surface area contributed by atoms with E-state index in [1.807, 2.05) is 49.0 Å². The molecule has 0 radical (unpaired) electrons. The SMILES string of the molecule is CC(C)n1cc(NC(=O)c2ccc(I)cc2)cn1. The van der Waals surface area contributed by atoms with Gasteiger partial charge in [0.15, 0.2) is 0 Å². The van der Waals surface area contributed by atoms with Crippen molar-refractivity contribution in [2.75, 3.05) is 5.32 Å². The summed E-state index contributed by atoms with van der Waals surface area (Å²) in [5, 5.41) is 7.01. The maximum absolute atomic E-state index is 12.0. The molecule has 94 valence electrons. The van der Waals surface area contributed by atoms with Crippen LogP contribution in [0.1, 0.15) is 30.2 Å². The average Bonchev–Trinajstić information content (AvgIpc) is 2.78. The van der Waals surface area contributed by atoms with Gasteiger partial charge in [-0.05, 0) is 60.7 Å². The minimum Gasteiger partial charge on any atom is -0.319 e. The van der Waals surface area contributed by atoms with E-state index in [1.165, 1.54) is 0 Å². The molecule has 0 spiro atoms. The van der Waals surface area contributed by atoms with Gasteiger partial charge in [0, 0.05) is 21.4 Å². The van der Waals surface area contributed by atoms with Crippen molar-refractivity contribution in [1.29, 1.82) is 0 Å². The van der Waals surface area contributed by atoms with Crippen molar-refractivity contribution in [3.63, 3.8) is 0 Å². The number of hydrogen-bond donors (Lipinski definition) is 1. The number of nitrogens with zero attached hydrogens (tertiary/aromatic N) is 2. The molecule has 2 aromatic rings. The van der Waals surface area contributed by atoms with Crippen LogP contribution in [0, 0.1) is 3.57 Å². The molecule has 0 bridgehead atoms. The first kappa shape index (κ1) is 13.1. The molecule has 5 heteroatoms. The van der Waals surface area contributed by atoms with Gasteiger partial charge in [0.1, 0.15) is 0 Å². The van der Waals surface area contributed by atoms with Crippen molar-refractivity contribution in [3.8, 4) is 0 Å². The van der Waals surface area contributed by atoms with E-state index in [2.05, 4.69) is 33.0 Å². The molecule has 0 saturated carbocycles. The summed E-state index contributed by atoms with van der Waals surface area (Å²) in [6.07, 6.45) is 3.49. The Morgan fingerprint density at radius 2 is 2.00 bits per heavy atom. The number of amides is 1. The van der Waals surface area contributed by atoms with Crippen molar-refractivity contribution in [2.24, 2.45) is 0 Å². The van der Waals surface area contributed by atoms with Crippen LogP contribution in [-0.2, 0) is 0 Å². The highest BCUT2D eigenvalue weighted by atomic mass is 127. The second kappa shape index (κ2) is 5.51. The van der Waals surface area contributed by atoms with E-state index >= 15 is 0 Å². The van der Waals surface area contributed by atoms with Crippen LogP contribution in [0.25, 0.3) is 0 Å². The summed E-state index contributed by atoms with van der Waals surface area (Å²) < 4.78 is 2.92. The first-order valence-corrected chi connectivity index (χ1v) is 6.75. The minimum atomic E-state index is -0.116. The van der Waals surface area contributed by atoms with Gasteiger partial charge in [0.25, 0.3) is 5.91 Å². The van der Waals surface area contributed by atoms with Gasteiger partial charge in [0.2, 0.25) is 0 Å². The Labute approximate surface area is 120 Å². The highest BCUT2D eigenvalue weighted by molar-refractivity contribution is 14.1. The predicted molar refractivity (Wildman–Crippen MR) is 79.7 cm³/mol. The zero-order valence-electron chi connectivity index (χ0n) is 10.2. The van der Waals surface area contributed by atoms with E-state index in [9.17, 15) is 4.79 Å². The van der Waals surface area contributed by atoms with Crippen molar-refractivity contribution >= 4 is 34.2 Å². The summed E-state index contributed by atoms with van der Waals surface area (Å²) in [4.78, 5) is 12.0. The number of benzene rings is 1. The minimum absolute atomic E-state index is 0.116. The number of carbonyl (C=O) groups excluding carboxylic acids is 1. The summed E-state index contributed by atoms with van der Waals surface area (Å²) in [5.41, 5.74) is 1.36. The zero-order chi connectivity index (χ0) is 13.1. The van der Waals surface area contributed by atoms with E-state index in [1.54, 1.807) is 6.20 Å². The monoisotopic (exact) mass is 355 g/mol. The Morgan fingerprint density at radius 1 is 1.33 bits per heavy atom. The lowest BCUT2D eigenvalue weighted by atomic mass is 10.2.